The van der Waals surface area contributed by atoms with Crippen LogP contribution in [0.3, 0.4) is 0 Å². The molecule has 1 aromatic carbocycles. The molecule has 0 saturated heterocycles. The van der Waals surface area contributed by atoms with E-state index in [-0.39, 0.29) is 12.1 Å². The van der Waals surface area contributed by atoms with Crippen molar-refractivity contribution in [3.05, 3.63) is 42.5 Å². The van der Waals surface area contributed by atoms with Gasteiger partial charge in [-0.2, -0.15) is 0 Å². The Balaban J connectivity index is 1.63. The maximum atomic E-state index is 6.07. The van der Waals surface area contributed by atoms with E-state index in [1.54, 1.807) is 0 Å². The lowest BCUT2D eigenvalue weighted by Crippen LogP contribution is -2.46. The van der Waals surface area contributed by atoms with Crippen LogP contribution in [-0.4, -0.2) is 35.4 Å². The first-order valence-electron chi connectivity index (χ1n) is 7.30. The lowest BCUT2D eigenvalue weighted by atomic mass is 10.0. The summed E-state index contributed by atoms with van der Waals surface area (Å²) in [5, 5.41) is 3.34. The number of hydrogen-bond donors (Lipinski definition) is 1. The number of imidazole rings is 1. The summed E-state index contributed by atoms with van der Waals surface area (Å²) in [6.45, 7) is 0.573. The van der Waals surface area contributed by atoms with Crippen molar-refractivity contribution >= 4 is 0 Å². The zero-order valence-corrected chi connectivity index (χ0v) is 12.5. The smallest absolute Gasteiger partial charge is 0.161 e. The highest BCUT2D eigenvalue weighted by Crippen LogP contribution is 2.32. The first-order chi connectivity index (χ1) is 10.3. The van der Waals surface area contributed by atoms with E-state index in [0.717, 1.165) is 30.2 Å². The number of para-hydroxylation sites is 2. The Kier molecular flexibility index (Phi) is 4.10. The zero-order chi connectivity index (χ0) is 14.7. The van der Waals surface area contributed by atoms with E-state index in [1.165, 1.54) is 0 Å². The zero-order valence-electron chi connectivity index (χ0n) is 12.5. The van der Waals surface area contributed by atoms with Crippen molar-refractivity contribution < 1.29 is 9.47 Å². The number of ether oxygens (including phenoxy) is 2. The number of benzene rings is 1. The van der Waals surface area contributed by atoms with Crippen molar-refractivity contribution in [3.63, 3.8) is 0 Å². The minimum absolute atomic E-state index is 0.0187. The highest BCUT2D eigenvalue weighted by molar-refractivity contribution is 5.40. The fraction of sp³-hybridized carbons (Fsp3) is 0.438. The maximum absolute atomic E-state index is 6.07. The molecule has 112 valence electrons. The van der Waals surface area contributed by atoms with E-state index in [4.69, 9.17) is 9.47 Å². The van der Waals surface area contributed by atoms with Crippen molar-refractivity contribution in [3.8, 4) is 11.5 Å². The van der Waals surface area contributed by atoms with E-state index in [9.17, 15) is 0 Å². The van der Waals surface area contributed by atoms with E-state index >= 15 is 0 Å². The molecule has 5 nitrogen and oxygen atoms in total. The van der Waals surface area contributed by atoms with Crippen molar-refractivity contribution in [2.24, 2.45) is 7.05 Å². The molecule has 1 aliphatic rings. The average Bonchev–Trinajstić information content (AvgIpc) is 2.93. The minimum Gasteiger partial charge on any atom is -0.486 e. The van der Waals surface area contributed by atoms with Gasteiger partial charge >= 0.3 is 0 Å². The average molecular weight is 287 g/mol. The molecule has 0 spiro atoms. The quantitative estimate of drug-likeness (QED) is 0.910. The Bertz CT molecular complexity index is 597. The summed E-state index contributed by atoms with van der Waals surface area (Å²) in [5.74, 6) is 2.74. The van der Waals surface area contributed by atoms with Crippen LogP contribution in [0.4, 0.5) is 0 Å². The molecule has 0 fully saturated rings. The Labute approximate surface area is 124 Å². The maximum Gasteiger partial charge on any atom is 0.161 e. The van der Waals surface area contributed by atoms with Gasteiger partial charge in [-0.1, -0.05) is 12.1 Å². The normalized spacial score (nSPS) is 18.5. The summed E-state index contributed by atoms with van der Waals surface area (Å²) in [6, 6.07) is 8.04. The highest BCUT2D eigenvalue weighted by Gasteiger charge is 2.27. The SMILES string of the molecule is CNC(CCc1nccn1C)C1COc2ccccc2O1. The van der Waals surface area contributed by atoms with Crippen LogP contribution in [0.25, 0.3) is 0 Å². The largest absolute Gasteiger partial charge is 0.486 e. The Morgan fingerprint density at radius 1 is 1.38 bits per heavy atom. The molecule has 0 radical (unpaired) electrons. The molecule has 3 rings (SSSR count). The Morgan fingerprint density at radius 3 is 2.90 bits per heavy atom. The molecule has 2 atom stereocenters. The second-order valence-corrected chi connectivity index (χ2v) is 5.30. The van der Waals surface area contributed by atoms with Gasteiger partial charge in [0.15, 0.2) is 11.5 Å². The number of aryl methyl sites for hydroxylation is 2. The van der Waals surface area contributed by atoms with Gasteiger partial charge in [0.05, 0.1) is 0 Å². The highest BCUT2D eigenvalue weighted by atomic mass is 16.6. The number of nitrogens with zero attached hydrogens (tertiary/aromatic N) is 2. The van der Waals surface area contributed by atoms with Crippen LogP contribution in [0.1, 0.15) is 12.2 Å². The minimum atomic E-state index is 0.0187. The summed E-state index contributed by atoms with van der Waals surface area (Å²) < 4.78 is 13.9. The fourth-order valence-corrected chi connectivity index (χ4v) is 2.67. The lowest BCUT2D eigenvalue weighted by Gasteiger charge is -2.32. The van der Waals surface area contributed by atoms with Gasteiger partial charge in [0, 0.05) is 31.9 Å². The predicted molar refractivity (Wildman–Crippen MR) is 80.7 cm³/mol. The van der Waals surface area contributed by atoms with Gasteiger partial charge < -0.3 is 19.4 Å². The fourth-order valence-electron chi connectivity index (χ4n) is 2.67. The third-order valence-corrected chi connectivity index (χ3v) is 3.95. The van der Waals surface area contributed by atoms with Crippen LogP contribution in [0.5, 0.6) is 11.5 Å². The van der Waals surface area contributed by atoms with Crippen molar-refractivity contribution in [1.82, 2.24) is 14.9 Å². The lowest BCUT2D eigenvalue weighted by molar-refractivity contribution is 0.0616. The number of hydrogen-bond acceptors (Lipinski definition) is 4. The van der Waals surface area contributed by atoms with Crippen LogP contribution in [0.2, 0.25) is 0 Å². The number of aromatic nitrogens is 2. The molecular weight excluding hydrogens is 266 g/mol. The summed E-state index contributed by atoms with van der Waals surface area (Å²) in [5.41, 5.74) is 0. The van der Waals surface area contributed by atoms with Gasteiger partial charge in [-0.25, -0.2) is 4.98 Å². The first kappa shape index (κ1) is 13.9. The third-order valence-electron chi connectivity index (χ3n) is 3.95. The van der Waals surface area contributed by atoms with Crippen molar-refractivity contribution in [2.45, 2.75) is 25.0 Å². The molecule has 0 amide bonds. The molecule has 1 aliphatic heterocycles. The molecule has 1 N–H and O–H groups in total. The van der Waals surface area contributed by atoms with E-state index in [0.29, 0.717) is 6.61 Å². The molecular formula is C16H21N3O2. The van der Waals surface area contributed by atoms with Crippen LogP contribution in [-0.2, 0) is 13.5 Å². The summed E-state index contributed by atoms with van der Waals surface area (Å²) in [4.78, 5) is 4.37. The van der Waals surface area contributed by atoms with Crippen LogP contribution in [0.15, 0.2) is 36.7 Å². The van der Waals surface area contributed by atoms with Gasteiger partial charge in [-0.05, 0) is 25.6 Å². The van der Waals surface area contributed by atoms with E-state index < -0.39 is 0 Å². The third kappa shape index (κ3) is 3.03. The molecule has 1 aromatic heterocycles. The summed E-state index contributed by atoms with van der Waals surface area (Å²) in [7, 11) is 3.99. The van der Waals surface area contributed by atoms with Gasteiger partial charge in [0.1, 0.15) is 18.5 Å². The van der Waals surface area contributed by atoms with Crippen molar-refractivity contribution in [1.29, 1.82) is 0 Å². The molecule has 0 aliphatic carbocycles. The number of fused-ring (bicyclic) bond motifs is 1. The molecule has 21 heavy (non-hydrogen) atoms. The molecule has 0 saturated carbocycles. The molecule has 2 unspecified atom stereocenters. The monoisotopic (exact) mass is 287 g/mol. The second-order valence-electron chi connectivity index (χ2n) is 5.30. The molecule has 2 heterocycles. The Hall–Kier alpha value is -2.01. The predicted octanol–water partition coefficient (Wildman–Crippen LogP) is 1.78. The summed E-state index contributed by atoms with van der Waals surface area (Å²) in [6.07, 6.45) is 5.69. The molecule has 2 aromatic rings. The van der Waals surface area contributed by atoms with Crippen LogP contribution in [0, 0.1) is 0 Å². The van der Waals surface area contributed by atoms with Gasteiger partial charge in [-0.3, -0.25) is 0 Å². The van der Waals surface area contributed by atoms with Gasteiger partial charge in [-0.15, -0.1) is 0 Å². The van der Waals surface area contributed by atoms with Crippen LogP contribution >= 0.6 is 0 Å². The van der Waals surface area contributed by atoms with E-state index in [2.05, 4.69) is 14.9 Å². The van der Waals surface area contributed by atoms with E-state index in [1.807, 2.05) is 50.8 Å². The van der Waals surface area contributed by atoms with Crippen LogP contribution < -0.4 is 14.8 Å². The number of rotatable bonds is 5. The van der Waals surface area contributed by atoms with Gasteiger partial charge in [0.25, 0.3) is 0 Å². The standard InChI is InChI=1S/C16H21N3O2/c1-17-12(7-8-16-18-9-10-19(16)2)15-11-20-13-5-3-4-6-14(13)21-15/h3-6,9-10,12,15,17H,7-8,11H2,1-2H3. The van der Waals surface area contributed by atoms with Crippen molar-refractivity contribution in [2.75, 3.05) is 13.7 Å². The molecule has 0 bridgehead atoms. The number of likely N-dealkylation sites (N-methyl/N-ethyl adjacent to an activating group) is 1. The Morgan fingerprint density at radius 2 is 2.19 bits per heavy atom. The first-order valence-corrected chi connectivity index (χ1v) is 7.30. The van der Waals surface area contributed by atoms with Gasteiger partial charge in [0.2, 0.25) is 0 Å². The number of nitrogens with one attached hydrogen (secondary N) is 1. The molecule has 5 heteroatoms. The topological polar surface area (TPSA) is 48.3 Å². The summed E-state index contributed by atoms with van der Waals surface area (Å²) >= 11 is 0. The second kappa shape index (κ2) is 6.18.